The number of rotatable bonds is 2. The Morgan fingerprint density at radius 2 is 2.06 bits per heavy atom. The molecular formula is C13H18N2O2. The molecule has 1 aromatic rings. The normalized spacial score (nSPS) is 24.8. The molecule has 1 saturated carbocycles. The van der Waals surface area contributed by atoms with Gasteiger partial charge in [0.1, 0.15) is 11.9 Å². The molecule has 1 aliphatic heterocycles. The van der Waals surface area contributed by atoms with Crippen LogP contribution in [0.25, 0.3) is 0 Å². The van der Waals surface area contributed by atoms with Crippen LogP contribution in [0.1, 0.15) is 62.0 Å². The molecule has 0 spiro atoms. The van der Waals surface area contributed by atoms with Crippen LogP contribution in [0.15, 0.2) is 6.20 Å². The van der Waals surface area contributed by atoms with Gasteiger partial charge in [-0.05, 0) is 32.1 Å². The number of aliphatic carboxylic acids is 1. The molecule has 3 rings (SSSR count). The minimum absolute atomic E-state index is 0.378. The highest BCUT2D eigenvalue weighted by Crippen LogP contribution is 2.37. The minimum Gasteiger partial charge on any atom is -0.480 e. The van der Waals surface area contributed by atoms with Crippen molar-refractivity contribution in [2.45, 2.75) is 56.9 Å². The SMILES string of the molecule is O=C(O)C1CCCc2cnc(C3CCCC3)n21. The standard InChI is InChI=1S/C13H18N2O2/c16-13(17)11-7-3-6-10-8-14-12(15(10)11)9-4-1-2-5-9/h8-9,11H,1-7H2,(H,16,17). The van der Waals surface area contributed by atoms with Gasteiger partial charge in [0.15, 0.2) is 0 Å². The van der Waals surface area contributed by atoms with E-state index in [1.54, 1.807) is 0 Å². The van der Waals surface area contributed by atoms with Crippen LogP contribution in [0.3, 0.4) is 0 Å². The molecule has 0 aromatic carbocycles. The summed E-state index contributed by atoms with van der Waals surface area (Å²) in [6.07, 6.45) is 9.43. The molecule has 92 valence electrons. The molecule has 0 saturated heterocycles. The Labute approximate surface area is 101 Å². The van der Waals surface area contributed by atoms with Gasteiger partial charge >= 0.3 is 5.97 Å². The predicted octanol–water partition coefficient (Wildman–Crippen LogP) is 2.50. The van der Waals surface area contributed by atoms with Crippen molar-refractivity contribution in [1.29, 1.82) is 0 Å². The van der Waals surface area contributed by atoms with Crippen LogP contribution in [0.5, 0.6) is 0 Å². The molecule has 1 aromatic heterocycles. The van der Waals surface area contributed by atoms with Crippen LogP contribution >= 0.6 is 0 Å². The van der Waals surface area contributed by atoms with Gasteiger partial charge in [0.2, 0.25) is 0 Å². The lowest BCUT2D eigenvalue weighted by Crippen LogP contribution is -2.27. The van der Waals surface area contributed by atoms with Crippen LogP contribution in [0.2, 0.25) is 0 Å². The largest absolute Gasteiger partial charge is 0.480 e. The van der Waals surface area contributed by atoms with Crippen molar-refractivity contribution >= 4 is 5.97 Å². The van der Waals surface area contributed by atoms with Crippen molar-refractivity contribution in [1.82, 2.24) is 9.55 Å². The number of imidazole rings is 1. The third-order valence-electron chi connectivity index (χ3n) is 4.13. The molecule has 4 heteroatoms. The van der Waals surface area contributed by atoms with Gasteiger partial charge in [-0.1, -0.05) is 12.8 Å². The fraction of sp³-hybridized carbons (Fsp3) is 0.692. The predicted molar refractivity (Wildman–Crippen MR) is 63.0 cm³/mol. The molecule has 1 fully saturated rings. The average Bonchev–Trinajstić information content (AvgIpc) is 2.96. The Morgan fingerprint density at radius 3 is 2.76 bits per heavy atom. The summed E-state index contributed by atoms with van der Waals surface area (Å²) in [5.74, 6) is 0.816. The van der Waals surface area contributed by atoms with Crippen molar-refractivity contribution in [2.75, 3.05) is 0 Å². The van der Waals surface area contributed by atoms with Crippen LogP contribution in [0.4, 0.5) is 0 Å². The molecule has 1 N–H and O–H groups in total. The molecule has 2 aliphatic rings. The second-order valence-electron chi connectivity index (χ2n) is 5.21. The van der Waals surface area contributed by atoms with Crippen molar-refractivity contribution in [3.05, 3.63) is 17.7 Å². The monoisotopic (exact) mass is 234 g/mol. The lowest BCUT2D eigenvalue weighted by atomic mass is 10.0. The Hall–Kier alpha value is -1.32. The second kappa shape index (κ2) is 4.17. The molecule has 0 bridgehead atoms. The van der Waals surface area contributed by atoms with Crippen molar-refractivity contribution in [3.8, 4) is 0 Å². The highest BCUT2D eigenvalue weighted by molar-refractivity contribution is 5.72. The van der Waals surface area contributed by atoms with E-state index in [-0.39, 0.29) is 6.04 Å². The van der Waals surface area contributed by atoms with Gasteiger partial charge in [-0.3, -0.25) is 0 Å². The molecular weight excluding hydrogens is 216 g/mol. The minimum atomic E-state index is -0.705. The van der Waals surface area contributed by atoms with Crippen LogP contribution in [-0.2, 0) is 11.2 Å². The first-order chi connectivity index (χ1) is 8.27. The summed E-state index contributed by atoms with van der Waals surface area (Å²) in [5.41, 5.74) is 1.12. The first-order valence-corrected chi connectivity index (χ1v) is 6.56. The number of carbonyl (C=O) groups is 1. The van der Waals surface area contributed by atoms with Crippen LogP contribution < -0.4 is 0 Å². The van der Waals surface area contributed by atoms with Gasteiger partial charge in [-0.2, -0.15) is 0 Å². The van der Waals surface area contributed by atoms with Gasteiger partial charge in [0.05, 0.1) is 0 Å². The third kappa shape index (κ3) is 1.75. The quantitative estimate of drug-likeness (QED) is 0.855. The van der Waals surface area contributed by atoms with Gasteiger partial charge in [-0.15, -0.1) is 0 Å². The number of aromatic nitrogens is 2. The Balaban J connectivity index is 2.00. The summed E-state index contributed by atoms with van der Waals surface area (Å²) in [6, 6.07) is -0.378. The van der Waals surface area contributed by atoms with E-state index in [1.807, 2.05) is 10.8 Å². The maximum Gasteiger partial charge on any atom is 0.326 e. The number of nitrogens with zero attached hydrogens (tertiary/aromatic N) is 2. The zero-order valence-electron chi connectivity index (χ0n) is 9.93. The zero-order chi connectivity index (χ0) is 11.8. The van der Waals surface area contributed by atoms with Crippen LogP contribution in [0, 0.1) is 0 Å². The Kier molecular flexibility index (Phi) is 2.65. The third-order valence-corrected chi connectivity index (χ3v) is 4.13. The summed E-state index contributed by atoms with van der Waals surface area (Å²) in [4.78, 5) is 15.8. The number of hydrogen-bond donors (Lipinski definition) is 1. The zero-order valence-corrected chi connectivity index (χ0v) is 9.93. The topological polar surface area (TPSA) is 55.1 Å². The lowest BCUT2D eigenvalue weighted by Gasteiger charge is -2.25. The molecule has 4 nitrogen and oxygen atoms in total. The van der Waals surface area contributed by atoms with E-state index in [4.69, 9.17) is 0 Å². The highest BCUT2D eigenvalue weighted by atomic mass is 16.4. The van der Waals surface area contributed by atoms with E-state index in [1.165, 1.54) is 25.7 Å². The summed E-state index contributed by atoms with van der Waals surface area (Å²) in [5, 5.41) is 9.32. The molecule has 0 radical (unpaired) electrons. The smallest absolute Gasteiger partial charge is 0.326 e. The maximum atomic E-state index is 11.3. The summed E-state index contributed by atoms with van der Waals surface area (Å²) in [7, 11) is 0. The molecule has 17 heavy (non-hydrogen) atoms. The Morgan fingerprint density at radius 1 is 1.29 bits per heavy atom. The van der Waals surface area contributed by atoms with E-state index in [0.29, 0.717) is 5.92 Å². The fourth-order valence-corrected chi connectivity index (χ4v) is 3.28. The maximum absolute atomic E-state index is 11.3. The number of fused-ring (bicyclic) bond motifs is 1. The Bertz CT molecular complexity index is 433. The summed E-state index contributed by atoms with van der Waals surface area (Å²) >= 11 is 0. The molecule has 1 unspecified atom stereocenters. The van der Waals surface area contributed by atoms with Gasteiger partial charge < -0.3 is 9.67 Å². The summed E-state index contributed by atoms with van der Waals surface area (Å²) in [6.45, 7) is 0. The molecule has 1 aliphatic carbocycles. The summed E-state index contributed by atoms with van der Waals surface area (Å²) < 4.78 is 2.02. The van der Waals surface area contributed by atoms with Gasteiger partial charge in [0, 0.05) is 17.8 Å². The van der Waals surface area contributed by atoms with Gasteiger partial charge in [-0.25, -0.2) is 9.78 Å². The second-order valence-corrected chi connectivity index (χ2v) is 5.21. The first kappa shape index (κ1) is 10.8. The van der Waals surface area contributed by atoms with E-state index in [9.17, 15) is 9.90 Å². The fourth-order valence-electron chi connectivity index (χ4n) is 3.28. The number of hydrogen-bond acceptors (Lipinski definition) is 2. The molecule has 2 heterocycles. The van der Waals surface area contributed by atoms with E-state index in [0.717, 1.165) is 30.8 Å². The van der Waals surface area contributed by atoms with E-state index in [2.05, 4.69) is 4.98 Å². The highest BCUT2D eigenvalue weighted by Gasteiger charge is 2.31. The van der Waals surface area contributed by atoms with E-state index >= 15 is 0 Å². The van der Waals surface area contributed by atoms with Gasteiger partial charge in [0.25, 0.3) is 0 Å². The molecule has 0 amide bonds. The van der Waals surface area contributed by atoms with E-state index < -0.39 is 5.97 Å². The van der Waals surface area contributed by atoms with Crippen molar-refractivity contribution in [2.24, 2.45) is 0 Å². The average molecular weight is 234 g/mol. The first-order valence-electron chi connectivity index (χ1n) is 6.56. The lowest BCUT2D eigenvalue weighted by molar-refractivity contribution is -0.141. The van der Waals surface area contributed by atoms with Crippen molar-refractivity contribution in [3.63, 3.8) is 0 Å². The van der Waals surface area contributed by atoms with Crippen LogP contribution in [-0.4, -0.2) is 20.6 Å². The molecule has 1 atom stereocenters. The van der Waals surface area contributed by atoms with Crippen molar-refractivity contribution < 1.29 is 9.90 Å². The number of carboxylic acids is 1. The number of aryl methyl sites for hydroxylation is 1. The number of carboxylic acid groups (broad SMARTS) is 1.